The lowest BCUT2D eigenvalue weighted by molar-refractivity contribution is 0.0996. The average molecular weight is 376 g/mol. The van der Waals surface area contributed by atoms with E-state index in [-0.39, 0.29) is 5.91 Å². The van der Waals surface area contributed by atoms with Gasteiger partial charge in [-0.25, -0.2) is 4.98 Å². The molecule has 4 rings (SSSR count). The van der Waals surface area contributed by atoms with E-state index in [4.69, 9.17) is 14.5 Å². The molecule has 7 nitrogen and oxygen atoms in total. The Morgan fingerprint density at radius 3 is 2.61 bits per heavy atom. The molecular weight excluding hydrogens is 356 g/mol. The predicted octanol–water partition coefficient (Wildman–Crippen LogP) is 3.33. The summed E-state index contributed by atoms with van der Waals surface area (Å²) in [5.41, 5.74) is 5.52. The third-order valence-electron chi connectivity index (χ3n) is 4.78. The number of carbonyl (C=O) groups is 1. The van der Waals surface area contributed by atoms with Crippen LogP contribution in [0.4, 0.5) is 5.69 Å². The SMILES string of the molecule is COc1cc(-c2cc(C)c3c(n2)CN(c2ccnc(C)c2)C3=O)cnc1OC. The predicted molar refractivity (Wildman–Crippen MR) is 105 cm³/mol. The third kappa shape index (κ3) is 2.94. The molecule has 0 atom stereocenters. The van der Waals surface area contributed by atoms with Gasteiger partial charge in [-0.2, -0.15) is 0 Å². The summed E-state index contributed by atoms with van der Waals surface area (Å²) in [5.74, 6) is 0.908. The van der Waals surface area contributed by atoms with Gasteiger partial charge in [0.2, 0.25) is 0 Å². The van der Waals surface area contributed by atoms with Gasteiger partial charge in [0, 0.05) is 29.3 Å². The molecule has 1 aliphatic rings. The van der Waals surface area contributed by atoms with Crippen LogP contribution < -0.4 is 14.4 Å². The second kappa shape index (κ2) is 6.92. The van der Waals surface area contributed by atoms with Crippen molar-refractivity contribution in [2.75, 3.05) is 19.1 Å². The van der Waals surface area contributed by atoms with E-state index in [2.05, 4.69) is 9.97 Å². The molecule has 3 aromatic heterocycles. The smallest absolute Gasteiger partial charge is 0.260 e. The molecule has 28 heavy (non-hydrogen) atoms. The first-order valence-corrected chi connectivity index (χ1v) is 8.85. The number of nitrogens with zero attached hydrogens (tertiary/aromatic N) is 4. The van der Waals surface area contributed by atoms with Gasteiger partial charge in [-0.15, -0.1) is 0 Å². The van der Waals surface area contributed by atoms with E-state index in [1.165, 1.54) is 0 Å². The zero-order valence-corrected chi connectivity index (χ0v) is 16.2. The fourth-order valence-corrected chi connectivity index (χ4v) is 3.43. The zero-order valence-electron chi connectivity index (χ0n) is 16.2. The number of aryl methyl sites for hydroxylation is 2. The molecule has 1 amide bonds. The number of fused-ring (bicyclic) bond motifs is 1. The number of pyridine rings is 3. The first-order valence-electron chi connectivity index (χ1n) is 8.85. The lowest BCUT2D eigenvalue weighted by Crippen LogP contribution is -2.23. The summed E-state index contributed by atoms with van der Waals surface area (Å²) in [6.07, 6.45) is 3.40. The Hall–Kier alpha value is -3.48. The van der Waals surface area contributed by atoms with Crippen LogP contribution in [-0.4, -0.2) is 35.1 Å². The first-order chi connectivity index (χ1) is 13.5. The Balaban J connectivity index is 1.74. The molecule has 0 bridgehead atoms. The van der Waals surface area contributed by atoms with Crippen molar-refractivity contribution in [2.24, 2.45) is 0 Å². The normalized spacial score (nSPS) is 12.9. The number of rotatable bonds is 4. The van der Waals surface area contributed by atoms with Crippen LogP contribution in [0.25, 0.3) is 11.3 Å². The molecule has 0 radical (unpaired) electrons. The van der Waals surface area contributed by atoms with Crippen LogP contribution >= 0.6 is 0 Å². The number of hydrogen-bond acceptors (Lipinski definition) is 6. The maximum atomic E-state index is 13.0. The number of amides is 1. The highest BCUT2D eigenvalue weighted by Crippen LogP contribution is 2.34. The lowest BCUT2D eigenvalue weighted by atomic mass is 10.0. The van der Waals surface area contributed by atoms with Gasteiger partial charge in [-0.1, -0.05) is 0 Å². The number of ether oxygens (including phenoxy) is 2. The maximum Gasteiger partial charge on any atom is 0.260 e. The monoisotopic (exact) mass is 376 g/mol. The Labute approximate surface area is 163 Å². The van der Waals surface area contributed by atoms with Crippen molar-refractivity contribution >= 4 is 11.6 Å². The molecule has 0 saturated heterocycles. The molecular formula is C21H20N4O3. The van der Waals surface area contributed by atoms with Gasteiger partial charge in [0.05, 0.1) is 37.7 Å². The van der Waals surface area contributed by atoms with Crippen molar-refractivity contribution in [1.29, 1.82) is 0 Å². The van der Waals surface area contributed by atoms with Crippen LogP contribution in [0.1, 0.15) is 27.3 Å². The molecule has 0 unspecified atom stereocenters. The van der Waals surface area contributed by atoms with E-state index >= 15 is 0 Å². The van der Waals surface area contributed by atoms with Gasteiger partial charge in [-0.05, 0) is 43.7 Å². The summed E-state index contributed by atoms with van der Waals surface area (Å²) in [6.45, 7) is 4.26. The largest absolute Gasteiger partial charge is 0.491 e. The summed E-state index contributed by atoms with van der Waals surface area (Å²) in [6, 6.07) is 7.48. The van der Waals surface area contributed by atoms with E-state index in [1.807, 2.05) is 38.1 Å². The molecule has 0 aromatic carbocycles. The minimum Gasteiger partial charge on any atom is -0.491 e. The molecule has 3 aromatic rings. The number of aromatic nitrogens is 3. The lowest BCUT2D eigenvalue weighted by Gasteiger charge is -2.15. The van der Waals surface area contributed by atoms with Gasteiger partial charge in [0.1, 0.15) is 0 Å². The highest BCUT2D eigenvalue weighted by molar-refractivity contribution is 6.10. The van der Waals surface area contributed by atoms with Crippen molar-refractivity contribution in [1.82, 2.24) is 15.0 Å². The van der Waals surface area contributed by atoms with E-state index in [9.17, 15) is 4.79 Å². The van der Waals surface area contributed by atoms with Crippen LogP contribution in [-0.2, 0) is 6.54 Å². The standard InChI is InChI=1S/C21H20N4O3/c1-12-7-16(14-9-18(27-3)20(28-4)23-10-14)24-17-11-25(21(26)19(12)17)15-5-6-22-13(2)8-15/h5-10H,11H2,1-4H3. The molecule has 1 aliphatic heterocycles. The van der Waals surface area contributed by atoms with Crippen molar-refractivity contribution in [3.8, 4) is 22.9 Å². The average Bonchev–Trinajstić information content (AvgIpc) is 3.04. The van der Waals surface area contributed by atoms with Gasteiger partial charge in [-0.3, -0.25) is 14.8 Å². The second-order valence-corrected chi connectivity index (χ2v) is 6.63. The van der Waals surface area contributed by atoms with Crippen LogP contribution in [0.3, 0.4) is 0 Å². The summed E-state index contributed by atoms with van der Waals surface area (Å²) >= 11 is 0. The zero-order chi connectivity index (χ0) is 19.8. The number of anilines is 1. The summed E-state index contributed by atoms with van der Waals surface area (Å²) in [7, 11) is 3.11. The second-order valence-electron chi connectivity index (χ2n) is 6.63. The Morgan fingerprint density at radius 1 is 1.07 bits per heavy atom. The van der Waals surface area contributed by atoms with Gasteiger partial charge in [0.15, 0.2) is 5.75 Å². The summed E-state index contributed by atoms with van der Waals surface area (Å²) < 4.78 is 10.5. The number of methoxy groups -OCH3 is 2. The highest BCUT2D eigenvalue weighted by atomic mass is 16.5. The van der Waals surface area contributed by atoms with Crippen molar-refractivity contribution < 1.29 is 14.3 Å². The molecule has 0 N–H and O–H groups in total. The van der Waals surface area contributed by atoms with Crippen molar-refractivity contribution in [2.45, 2.75) is 20.4 Å². The molecule has 0 fully saturated rings. The Kier molecular flexibility index (Phi) is 4.43. The molecule has 4 heterocycles. The molecule has 0 spiro atoms. The van der Waals surface area contributed by atoms with E-state index in [0.717, 1.165) is 33.9 Å². The van der Waals surface area contributed by atoms with Gasteiger partial charge < -0.3 is 14.4 Å². The van der Waals surface area contributed by atoms with Crippen molar-refractivity contribution in [3.63, 3.8) is 0 Å². The Bertz CT molecular complexity index is 1080. The Morgan fingerprint density at radius 2 is 1.89 bits per heavy atom. The van der Waals surface area contributed by atoms with Crippen LogP contribution in [0.15, 0.2) is 36.7 Å². The number of carbonyl (C=O) groups excluding carboxylic acids is 1. The molecule has 7 heteroatoms. The molecule has 0 aliphatic carbocycles. The quantitative estimate of drug-likeness (QED) is 0.695. The third-order valence-corrected chi connectivity index (χ3v) is 4.78. The topological polar surface area (TPSA) is 77.4 Å². The van der Waals surface area contributed by atoms with E-state index < -0.39 is 0 Å². The van der Waals surface area contributed by atoms with Gasteiger partial charge in [0.25, 0.3) is 11.8 Å². The highest BCUT2D eigenvalue weighted by Gasteiger charge is 2.32. The van der Waals surface area contributed by atoms with Crippen LogP contribution in [0, 0.1) is 13.8 Å². The maximum absolute atomic E-state index is 13.0. The summed E-state index contributed by atoms with van der Waals surface area (Å²) in [4.78, 5) is 27.9. The summed E-state index contributed by atoms with van der Waals surface area (Å²) in [5, 5.41) is 0. The fourth-order valence-electron chi connectivity index (χ4n) is 3.43. The molecule has 0 saturated carbocycles. The van der Waals surface area contributed by atoms with E-state index in [1.54, 1.807) is 31.5 Å². The first kappa shape index (κ1) is 17.9. The minimum atomic E-state index is -0.0393. The van der Waals surface area contributed by atoms with Gasteiger partial charge >= 0.3 is 0 Å². The van der Waals surface area contributed by atoms with Crippen LogP contribution in [0.2, 0.25) is 0 Å². The van der Waals surface area contributed by atoms with E-state index in [0.29, 0.717) is 23.7 Å². The number of hydrogen-bond donors (Lipinski definition) is 0. The fraction of sp³-hybridized carbons (Fsp3) is 0.238. The minimum absolute atomic E-state index is 0.0393. The van der Waals surface area contributed by atoms with Crippen LogP contribution in [0.5, 0.6) is 11.6 Å². The molecule has 142 valence electrons. The van der Waals surface area contributed by atoms with Crippen molar-refractivity contribution in [3.05, 3.63) is 59.2 Å².